The molecule has 1 aliphatic rings. The third-order valence-electron chi connectivity index (χ3n) is 3.76. The van der Waals surface area contributed by atoms with Crippen molar-refractivity contribution < 1.29 is 4.79 Å². The van der Waals surface area contributed by atoms with Crippen LogP contribution in [0.15, 0.2) is 60.7 Å². The number of urea groups is 1. The molecule has 1 aliphatic heterocycles. The molecule has 0 fully saturated rings. The molecule has 1 heterocycles. The number of nitrogens with zero attached hydrogens (tertiary/aromatic N) is 1. The highest BCUT2D eigenvalue weighted by Gasteiger charge is 2.18. The van der Waals surface area contributed by atoms with Gasteiger partial charge in [0, 0.05) is 13.1 Å². The molecule has 2 aromatic rings. The van der Waals surface area contributed by atoms with Crippen LogP contribution in [0.4, 0.5) is 10.5 Å². The van der Waals surface area contributed by atoms with E-state index in [2.05, 4.69) is 23.5 Å². The van der Waals surface area contributed by atoms with Gasteiger partial charge in [0.1, 0.15) is 0 Å². The summed E-state index contributed by atoms with van der Waals surface area (Å²) in [7, 11) is 0. The van der Waals surface area contributed by atoms with Crippen LogP contribution in [0, 0.1) is 0 Å². The van der Waals surface area contributed by atoms with Gasteiger partial charge in [-0.2, -0.15) is 0 Å². The molecule has 3 rings (SSSR count). The van der Waals surface area contributed by atoms with Crippen molar-refractivity contribution in [2.24, 2.45) is 0 Å². The van der Waals surface area contributed by atoms with Crippen molar-refractivity contribution in [3.8, 4) is 0 Å². The largest absolute Gasteiger partial charge is 0.322 e. The molecule has 2 amide bonds. The minimum atomic E-state index is -0.114. The lowest BCUT2D eigenvalue weighted by atomic mass is 10.00. The topological polar surface area (TPSA) is 32.3 Å². The lowest BCUT2D eigenvalue weighted by molar-refractivity contribution is 0.217. The number of halogens is 1. The Morgan fingerprint density at radius 2 is 1.77 bits per heavy atom. The Balaban J connectivity index is 1.65. The van der Waals surface area contributed by atoms with Gasteiger partial charge in [-0.3, -0.25) is 0 Å². The van der Waals surface area contributed by atoms with Gasteiger partial charge in [-0.15, -0.1) is 0 Å². The van der Waals surface area contributed by atoms with Crippen LogP contribution in [-0.2, 0) is 0 Å². The van der Waals surface area contributed by atoms with Crippen LogP contribution in [0.2, 0.25) is 5.02 Å². The molecule has 0 unspecified atom stereocenters. The summed E-state index contributed by atoms with van der Waals surface area (Å²) in [6.07, 6.45) is 2.98. The molecule has 0 radical (unpaired) electrons. The highest BCUT2D eigenvalue weighted by Crippen LogP contribution is 2.24. The molecule has 1 N–H and O–H groups in total. The van der Waals surface area contributed by atoms with Crippen molar-refractivity contribution in [1.82, 2.24) is 4.90 Å². The maximum atomic E-state index is 12.3. The van der Waals surface area contributed by atoms with E-state index in [1.165, 1.54) is 11.1 Å². The first-order valence-corrected chi connectivity index (χ1v) is 7.67. The summed E-state index contributed by atoms with van der Waals surface area (Å²) in [4.78, 5) is 14.1. The fourth-order valence-electron chi connectivity index (χ4n) is 2.52. The maximum Gasteiger partial charge on any atom is 0.322 e. The highest BCUT2D eigenvalue weighted by molar-refractivity contribution is 6.33. The first-order valence-electron chi connectivity index (χ1n) is 7.29. The maximum absolute atomic E-state index is 12.3. The Morgan fingerprint density at radius 1 is 1.05 bits per heavy atom. The van der Waals surface area contributed by atoms with Crippen LogP contribution in [0.1, 0.15) is 12.0 Å². The van der Waals surface area contributed by atoms with Gasteiger partial charge in [0.25, 0.3) is 0 Å². The van der Waals surface area contributed by atoms with Crippen molar-refractivity contribution in [3.05, 3.63) is 71.3 Å². The van der Waals surface area contributed by atoms with Crippen molar-refractivity contribution in [2.45, 2.75) is 6.42 Å². The van der Waals surface area contributed by atoms with E-state index in [9.17, 15) is 4.79 Å². The van der Waals surface area contributed by atoms with Crippen molar-refractivity contribution >= 4 is 28.9 Å². The molecule has 2 aromatic carbocycles. The zero-order chi connectivity index (χ0) is 15.4. The first-order chi connectivity index (χ1) is 10.7. The zero-order valence-corrected chi connectivity index (χ0v) is 12.9. The number of benzene rings is 2. The van der Waals surface area contributed by atoms with Crippen LogP contribution in [0.3, 0.4) is 0 Å². The Labute approximate surface area is 135 Å². The minimum absolute atomic E-state index is 0.114. The second-order valence-electron chi connectivity index (χ2n) is 5.20. The van der Waals surface area contributed by atoms with Gasteiger partial charge in [-0.1, -0.05) is 60.1 Å². The minimum Gasteiger partial charge on any atom is -0.320 e. The summed E-state index contributed by atoms with van der Waals surface area (Å²) in [5, 5.41) is 3.41. The molecule has 3 nitrogen and oxygen atoms in total. The third-order valence-corrected chi connectivity index (χ3v) is 4.09. The van der Waals surface area contributed by atoms with Gasteiger partial charge in [-0.05, 0) is 29.7 Å². The van der Waals surface area contributed by atoms with E-state index in [4.69, 9.17) is 11.6 Å². The molecule has 0 aliphatic carbocycles. The monoisotopic (exact) mass is 312 g/mol. The van der Waals surface area contributed by atoms with Crippen LogP contribution in [0.25, 0.3) is 5.57 Å². The van der Waals surface area contributed by atoms with Crippen molar-refractivity contribution in [3.63, 3.8) is 0 Å². The molecular weight excluding hydrogens is 296 g/mol. The summed E-state index contributed by atoms with van der Waals surface area (Å²) in [6, 6.07) is 17.4. The van der Waals surface area contributed by atoms with Crippen LogP contribution in [-0.4, -0.2) is 24.0 Å². The third kappa shape index (κ3) is 3.31. The highest BCUT2D eigenvalue weighted by atomic mass is 35.5. The SMILES string of the molecule is O=C(Nc1ccccc1Cl)N1CC=C(c2ccccc2)CC1. The number of para-hydroxylation sites is 1. The lowest BCUT2D eigenvalue weighted by Crippen LogP contribution is -2.37. The summed E-state index contributed by atoms with van der Waals surface area (Å²) >= 11 is 6.07. The van der Waals surface area contributed by atoms with E-state index in [1.54, 1.807) is 17.0 Å². The fourth-order valence-corrected chi connectivity index (χ4v) is 2.71. The second kappa shape index (κ2) is 6.67. The van der Waals surface area contributed by atoms with E-state index in [-0.39, 0.29) is 6.03 Å². The van der Waals surface area contributed by atoms with Gasteiger partial charge < -0.3 is 10.2 Å². The van der Waals surface area contributed by atoms with Crippen LogP contribution in [0.5, 0.6) is 0 Å². The molecule has 0 bridgehead atoms. The van der Waals surface area contributed by atoms with E-state index in [0.717, 1.165) is 6.42 Å². The summed E-state index contributed by atoms with van der Waals surface area (Å²) < 4.78 is 0. The summed E-state index contributed by atoms with van der Waals surface area (Å²) in [5.74, 6) is 0. The quantitative estimate of drug-likeness (QED) is 0.859. The molecule has 0 spiro atoms. The lowest BCUT2D eigenvalue weighted by Gasteiger charge is -2.27. The molecule has 0 saturated carbocycles. The first kappa shape index (κ1) is 14.7. The van der Waals surface area contributed by atoms with Gasteiger partial charge in [0.2, 0.25) is 0 Å². The van der Waals surface area contributed by atoms with Gasteiger partial charge >= 0.3 is 6.03 Å². The smallest absolute Gasteiger partial charge is 0.320 e. The Bertz CT molecular complexity index is 697. The zero-order valence-electron chi connectivity index (χ0n) is 12.1. The van der Waals surface area contributed by atoms with Gasteiger partial charge in [0.05, 0.1) is 10.7 Å². The average molecular weight is 313 g/mol. The predicted octanol–water partition coefficient (Wildman–Crippen LogP) is 4.66. The number of amides is 2. The number of carbonyl (C=O) groups is 1. The number of nitrogens with one attached hydrogen (secondary N) is 1. The number of rotatable bonds is 2. The van der Waals surface area contributed by atoms with Crippen LogP contribution < -0.4 is 5.32 Å². The molecular formula is C18H17ClN2O. The number of anilines is 1. The Kier molecular flexibility index (Phi) is 4.45. The molecule has 112 valence electrons. The molecule has 0 aromatic heterocycles. The van der Waals surface area contributed by atoms with Crippen molar-refractivity contribution in [1.29, 1.82) is 0 Å². The molecule has 0 saturated heterocycles. The number of hydrogen-bond donors (Lipinski definition) is 1. The van der Waals surface area contributed by atoms with E-state index in [0.29, 0.717) is 23.8 Å². The fraction of sp³-hybridized carbons (Fsp3) is 0.167. The van der Waals surface area contributed by atoms with Crippen LogP contribution >= 0.6 is 11.6 Å². The normalized spacial score (nSPS) is 14.4. The number of hydrogen-bond acceptors (Lipinski definition) is 1. The number of carbonyl (C=O) groups excluding carboxylic acids is 1. The summed E-state index contributed by atoms with van der Waals surface area (Å²) in [5.41, 5.74) is 3.17. The molecule has 22 heavy (non-hydrogen) atoms. The average Bonchev–Trinajstić information content (AvgIpc) is 2.58. The summed E-state index contributed by atoms with van der Waals surface area (Å²) in [6.45, 7) is 1.32. The predicted molar refractivity (Wildman–Crippen MR) is 91.1 cm³/mol. The van der Waals surface area contributed by atoms with E-state index < -0.39 is 0 Å². The van der Waals surface area contributed by atoms with E-state index in [1.807, 2.05) is 30.3 Å². The standard InChI is InChI=1S/C18H17ClN2O/c19-16-8-4-5-9-17(16)20-18(22)21-12-10-15(11-13-21)14-6-2-1-3-7-14/h1-10H,11-13H2,(H,20,22). The van der Waals surface area contributed by atoms with E-state index >= 15 is 0 Å². The Morgan fingerprint density at radius 3 is 2.45 bits per heavy atom. The Hall–Kier alpha value is -2.26. The molecule has 4 heteroatoms. The van der Waals surface area contributed by atoms with Gasteiger partial charge in [-0.25, -0.2) is 4.79 Å². The molecule has 0 atom stereocenters. The second-order valence-corrected chi connectivity index (χ2v) is 5.61. The van der Waals surface area contributed by atoms with Crippen molar-refractivity contribution in [2.75, 3.05) is 18.4 Å². The van der Waals surface area contributed by atoms with Gasteiger partial charge in [0.15, 0.2) is 0 Å².